The Bertz CT molecular complexity index is 292. The van der Waals surface area contributed by atoms with Gasteiger partial charge >= 0.3 is 15.6 Å². The smallest absolute Gasteiger partial charge is 0.250 e. The van der Waals surface area contributed by atoms with Gasteiger partial charge in [-0.3, -0.25) is 4.18 Å². The summed E-state index contributed by atoms with van der Waals surface area (Å²) >= 11 is 0. The van der Waals surface area contributed by atoms with Crippen LogP contribution in [0.15, 0.2) is 0 Å². The van der Waals surface area contributed by atoms with Crippen molar-refractivity contribution in [2.75, 3.05) is 6.61 Å². The van der Waals surface area contributed by atoms with Crippen LogP contribution in [0.2, 0.25) is 0 Å². The Balaban J connectivity index is 4.33. The predicted molar refractivity (Wildman–Crippen MR) is 34.4 cm³/mol. The minimum Gasteiger partial charge on any atom is -0.250 e. The molecule has 0 aromatic carbocycles. The second kappa shape index (κ2) is 3.78. The fraction of sp³-hybridized carbons (Fsp3) is 0.600. The molecular weight excluding hydrogens is 197 g/mol. The molecule has 0 aromatic heterocycles. The van der Waals surface area contributed by atoms with Crippen LogP contribution in [0.5, 0.6) is 0 Å². The first-order valence-corrected chi connectivity index (χ1v) is 4.07. The second-order valence-corrected chi connectivity index (χ2v) is 3.20. The van der Waals surface area contributed by atoms with E-state index in [0.29, 0.717) is 0 Å². The van der Waals surface area contributed by atoms with E-state index in [1.54, 1.807) is 0 Å². The number of halogens is 3. The van der Waals surface area contributed by atoms with Crippen LogP contribution in [0.4, 0.5) is 13.2 Å². The minimum absolute atomic E-state index is 0.779. The van der Waals surface area contributed by atoms with E-state index in [9.17, 15) is 21.6 Å². The van der Waals surface area contributed by atoms with Crippen molar-refractivity contribution in [3.05, 3.63) is 0 Å². The van der Waals surface area contributed by atoms with Gasteiger partial charge in [0.2, 0.25) is 0 Å². The summed E-state index contributed by atoms with van der Waals surface area (Å²) in [7, 11) is -5.47. The number of hydrogen-bond acceptors (Lipinski definition) is 3. The summed E-state index contributed by atoms with van der Waals surface area (Å²) in [6.45, 7) is 0.571. The van der Waals surface area contributed by atoms with E-state index >= 15 is 0 Å². The fourth-order valence-electron chi connectivity index (χ4n) is 0.246. The summed E-state index contributed by atoms with van der Waals surface area (Å²) in [4.78, 5) is 0. The summed E-state index contributed by atoms with van der Waals surface area (Å²) in [5.74, 6) is 4.21. The van der Waals surface area contributed by atoms with Crippen LogP contribution >= 0.6 is 0 Å². The zero-order valence-corrected chi connectivity index (χ0v) is 6.79. The number of alkyl halides is 3. The average Bonchev–Trinajstić information content (AvgIpc) is 1.85. The van der Waals surface area contributed by atoms with Crippen molar-refractivity contribution < 1.29 is 25.8 Å². The molecule has 0 atom stereocenters. The standard InChI is InChI=1S/C5H5F3O3S/c1-2-3-4-11-12(9,10)5(6,7)8/h4H2,1H3. The molecule has 0 bridgehead atoms. The Kier molecular flexibility index (Phi) is 3.55. The molecule has 0 amide bonds. The summed E-state index contributed by atoms with van der Waals surface area (Å²) in [5.41, 5.74) is -5.37. The number of hydrogen-bond donors (Lipinski definition) is 0. The van der Waals surface area contributed by atoms with Gasteiger partial charge in [-0.1, -0.05) is 5.92 Å². The molecule has 0 rings (SSSR count). The van der Waals surface area contributed by atoms with Gasteiger partial charge in [0.15, 0.2) is 0 Å². The van der Waals surface area contributed by atoms with E-state index in [2.05, 4.69) is 10.1 Å². The van der Waals surface area contributed by atoms with Crippen molar-refractivity contribution in [2.45, 2.75) is 12.4 Å². The maximum atomic E-state index is 11.5. The van der Waals surface area contributed by atoms with Crippen LogP contribution in [0.1, 0.15) is 6.92 Å². The zero-order chi connectivity index (χ0) is 9.83. The van der Waals surface area contributed by atoms with E-state index in [4.69, 9.17) is 0 Å². The van der Waals surface area contributed by atoms with Crippen LogP contribution in [0, 0.1) is 11.8 Å². The molecule has 0 fully saturated rings. The van der Waals surface area contributed by atoms with Crippen LogP contribution in [-0.4, -0.2) is 20.5 Å². The maximum Gasteiger partial charge on any atom is 0.523 e. The molecule has 0 N–H and O–H groups in total. The van der Waals surface area contributed by atoms with Crippen LogP contribution in [0.3, 0.4) is 0 Å². The van der Waals surface area contributed by atoms with Crippen molar-refractivity contribution in [2.24, 2.45) is 0 Å². The van der Waals surface area contributed by atoms with Crippen molar-refractivity contribution in [3.8, 4) is 11.8 Å². The lowest BCUT2D eigenvalue weighted by molar-refractivity contribution is -0.0534. The molecule has 0 heterocycles. The zero-order valence-electron chi connectivity index (χ0n) is 5.97. The molecule has 0 saturated carbocycles. The van der Waals surface area contributed by atoms with Gasteiger partial charge in [0, 0.05) is 0 Å². The summed E-state index contributed by atoms with van der Waals surface area (Å²) in [6, 6.07) is 0. The maximum absolute atomic E-state index is 11.5. The van der Waals surface area contributed by atoms with Gasteiger partial charge in [-0.2, -0.15) is 21.6 Å². The van der Waals surface area contributed by atoms with E-state index in [0.717, 1.165) is 0 Å². The van der Waals surface area contributed by atoms with Gasteiger partial charge < -0.3 is 0 Å². The van der Waals surface area contributed by atoms with Crippen molar-refractivity contribution in [1.29, 1.82) is 0 Å². The van der Waals surface area contributed by atoms with E-state index < -0.39 is 22.2 Å². The molecule has 12 heavy (non-hydrogen) atoms. The first-order valence-electron chi connectivity index (χ1n) is 2.66. The Morgan fingerprint density at radius 3 is 2.25 bits per heavy atom. The van der Waals surface area contributed by atoms with Gasteiger partial charge in [-0.15, -0.1) is 5.92 Å². The van der Waals surface area contributed by atoms with Gasteiger partial charge in [0.25, 0.3) is 0 Å². The molecule has 70 valence electrons. The second-order valence-electron chi connectivity index (χ2n) is 1.59. The van der Waals surface area contributed by atoms with E-state index in [1.165, 1.54) is 6.92 Å². The third kappa shape index (κ3) is 3.11. The molecule has 0 aliphatic rings. The highest BCUT2D eigenvalue weighted by Gasteiger charge is 2.47. The van der Waals surface area contributed by atoms with Crippen molar-refractivity contribution >= 4 is 10.1 Å². The molecule has 0 unspecified atom stereocenters. The first-order chi connectivity index (χ1) is 5.31. The number of rotatable bonds is 2. The molecule has 0 aromatic rings. The first kappa shape index (κ1) is 11.3. The molecule has 0 spiro atoms. The minimum atomic E-state index is -5.47. The SMILES string of the molecule is CC#CCOS(=O)(=O)C(F)(F)F. The average molecular weight is 202 g/mol. The third-order valence-electron chi connectivity index (χ3n) is 0.746. The Morgan fingerprint density at radius 2 is 1.92 bits per heavy atom. The van der Waals surface area contributed by atoms with Crippen LogP contribution in [0.25, 0.3) is 0 Å². The molecule has 0 radical (unpaired) electrons. The molecule has 0 aliphatic heterocycles. The van der Waals surface area contributed by atoms with Crippen molar-refractivity contribution in [3.63, 3.8) is 0 Å². The van der Waals surface area contributed by atoms with Gasteiger partial charge in [-0.05, 0) is 6.92 Å². The Morgan fingerprint density at radius 1 is 1.42 bits per heavy atom. The quantitative estimate of drug-likeness (QED) is 0.379. The Labute approximate surface area is 67.6 Å². The lowest BCUT2D eigenvalue weighted by Gasteiger charge is -2.04. The molecule has 7 heteroatoms. The summed E-state index contributed by atoms with van der Waals surface area (Å²) in [5, 5.41) is 0. The fourth-order valence-corrected chi connectivity index (χ4v) is 0.594. The molecule has 0 saturated heterocycles. The van der Waals surface area contributed by atoms with Gasteiger partial charge in [0.1, 0.15) is 6.61 Å². The van der Waals surface area contributed by atoms with E-state index in [-0.39, 0.29) is 0 Å². The van der Waals surface area contributed by atoms with Crippen LogP contribution < -0.4 is 0 Å². The Hall–Kier alpha value is -0.740. The predicted octanol–water partition coefficient (Wildman–Crippen LogP) is 0.876. The highest BCUT2D eigenvalue weighted by Crippen LogP contribution is 2.24. The van der Waals surface area contributed by atoms with Crippen LogP contribution in [-0.2, 0) is 14.3 Å². The molecule has 3 nitrogen and oxygen atoms in total. The van der Waals surface area contributed by atoms with Gasteiger partial charge in [0.05, 0.1) is 0 Å². The largest absolute Gasteiger partial charge is 0.523 e. The highest BCUT2D eigenvalue weighted by atomic mass is 32.2. The topological polar surface area (TPSA) is 43.4 Å². The van der Waals surface area contributed by atoms with Crippen molar-refractivity contribution in [1.82, 2.24) is 0 Å². The lowest BCUT2D eigenvalue weighted by Crippen LogP contribution is -2.25. The normalized spacial score (nSPS) is 12.0. The third-order valence-corrected chi connectivity index (χ3v) is 1.74. The molecular formula is C5H5F3O3S. The summed E-state index contributed by atoms with van der Waals surface area (Å²) in [6.07, 6.45) is 0. The molecule has 0 aliphatic carbocycles. The van der Waals surface area contributed by atoms with Gasteiger partial charge in [-0.25, -0.2) is 0 Å². The monoisotopic (exact) mass is 202 g/mol. The van der Waals surface area contributed by atoms with E-state index in [1.807, 2.05) is 5.92 Å². The highest BCUT2D eigenvalue weighted by molar-refractivity contribution is 7.87. The summed E-state index contributed by atoms with van der Waals surface area (Å²) < 4.78 is 58.2. The lowest BCUT2D eigenvalue weighted by atomic mass is 10.6.